The van der Waals surface area contributed by atoms with Crippen molar-refractivity contribution in [3.05, 3.63) is 29.8 Å². The van der Waals surface area contributed by atoms with Gasteiger partial charge < -0.3 is 10.4 Å². The molecule has 0 aliphatic heterocycles. The lowest BCUT2D eigenvalue weighted by molar-refractivity contribution is 0.0795. The average Bonchev–Trinajstić information content (AvgIpc) is 2.52. The second-order valence-electron chi connectivity index (χ2n) is 5.46. The molecule has 128 valence electrons. The lowest BCUT2D eigenvalue weighted by Crippen LogP contribution is -2.44. The number of benzene rings is 1. The van der Waals surface area contributed by atoms with Crippen molar-refractivity contribution in [2.24, 2.45) is 5.92 Å². The first-order valence-corrected chi connectivity index (χ1v) is 7.41. The summed E-state index contributed by atoms with van der Waals surface area (Å²) >= 11 is 0. The first-order chi connectivity index (χ1) is 11.3. The summed E-state index contributed by atoms with van der Waals surface area (Å²) in [6, 6.07) is 6.91. The maximum atomic E-state index is 12.5. The van der Waals surface area contributed by atoms with Crippen LogP contribution in [0.15, 0.2) is 24.3 Å². The Morgan fingerprint density at radius 1 is 1.25 bits per heavy atom. The van der Waals surface area contributed by atoms with E-state index in [4.69, 9.17) is 10.4 Å². The van der Waals surface area contributed by atoms with Crippen LogP contribution < -0.4 is 10.6 Å². The number of carboxylic acid groups (broad SMARTS) is 1. The molecule has 0 atom stereocenters. The van der Waals surface area contributed by atoms with E-state index in [-0.39, 0.29) is 18.7 Å². The molecule has 8 heteroatoms. The third-order valence-corrected chi connectivity index (χ3v) is 3.12. The Hall–Kier alpha value is -3.08. The highest BCUT2D eigenvalue weighted by atomic mass is 16.4. The van der Waals surface area contributed by atoms with Crippen LogP contribution in [-0.4, -0.2) is 41.1 Å². The van der Waals surface area contributed by atoms with Gasteiger partial charge in [0, 0.05) is 17.8 Å². The van der Waals surface area contributed by atoms with E-state index in [0.717, 1.165) is 4.90 Å². The topological polar surface area (TPSA) is 123 Å². The van der Waals surface area contributed by atoms with Gasteiger partial charge in [0.1, 0.15) is 6.54 Å². The van der Waals surface area contributed by atoms with Gasteiger partial charge in [0.25, 0.3) is 5.91 Å². The Morgan fingerprint density at radius 3 is 2.38 bits per heavy atom. The predicted octanol–water partition coefficient (Wildman–Crippen LogP) is 2.50. The number of hydrogen-bond acceptors (Lipinski definition) is 4. The summed E-state index contributed by atoms with van der Waals surface area (Å²) < 4.78 is 0. The molecule has 3 N–H and O–H groups in total. The van der Waals surface area contributed by atoms with Gasteiger partial charge in [0.2, 0.25) is 0 Å². The van der Waals surface area contributed by atoms with E-state index in [9.17, 15) is 14.4 Å². The Kier molecular flexibility index (Phi) is 7.23. The van der Waals surface area contributed by atoms with Gasteiger partial charge in [-0.3, -0.25) is 15.0 Å². The van der Waals surface area contributed by atoms with Crippen LogP contribution in [0.3, 0.4) is 0 Å². The summed E-state index contributed by atoms with van der Waals surface area (Å²) in [5.41, 5.74) is 0.573. The van der Waals surface area contributed by atoms with Gasteiger partial charge in [-0.25, -0.2) is 9.59 Å². The number of nitrogens with zero attached hydrogens (tertiary/aromatic N) is 2. The van der Waals surface area contributed by atoms with E-state index < -0.39 is 18.0 Å². The zero-order valence-corrected chi connectivity index (χ0v) is 13.6. The molecule has 0 radical (unpaired) electrons. The molecule has 0 fully saturated rings. The summed E-state index contributed by atoms with van der Waals surface area (Å²) in [6.07, 6.45) is -0.576. The smallest absolute Gasteiger partial charge is 0.409 e. The van der Waals surface area contributed by atoms with Crippen molar-refractivity contribution >= 4 is 23.7 Å². The fourth-order valence-corrected chi connectivity index (χ4v) is 1.87. The average molecular weight is 332 g/mol. The second-order valence-corrected chi connectivity index (χ2v) is 5.46. The summed E-state index contributed by atoms with van der Waals surface area (Å²) in [6.45, 7) is 3.99. The summed E-state index contributed by atoms with van der Waals surface area (Å²) in [4.78, 5) is 36.3. The van der Waals surface area contributed by atoms with Crippen LogP contribution in [0.4, 0.5) is 15.3 Å². The first-order valence-electron chi connectivity index (χ1n) is 7.41. The fourth-order valence-electron chi connectivity index (χ4n) is 1.87. The van der Waals surface area contributed by atoms with Crippen molar-refractivity contribution in [3.63, 3.8) is 0 Å². The highest BCUT2D eigenvalue weighted by molar-refractivity contribution is 6.04. The molecule has 0 saturated carbocycles. The van der Waals surface area contributed by atoms with E-state index >= 15 is 0 Å². The largest absolute Gasteiger partial charge is 0.465 e. The summed E-state index contributed by atoms with van der Waals surface area (Å²) in [5.74, 6) is -0.209. The SMILES string of the molecule is CC(C)CCN(C(=O)NCC#N)C(=O)c1ccc(NC(=O)O)cc1. The minimum Gasteiger partial charge on any atom is -0.465 e. The number of carbonyl (C=O) groups excluding carboxylic acids is 2. The fraction of sp³-hybridized carbons (Fsp3) is 0.375. The number of nitrogens with one attached hydrogen (secondary N) is 2. The molecular formula is C16H20N4O4. The number of rotatable bonds is 6. The van der Waals surface area contributed by atoms with Crippen LogP contribution in [0.1, 0.15) is 30.6 Å². The standard InChI is InChI=1S/C16H20N4O4/c1-11(2)7-10-20(15(22)18-9-8-17)14(21)12-3-5-13(6-4-12)19-16(23)24/h3-6,11,19H,7,9-10H2,1-2H3,(H,18,22)(H,23,24). The van der Waals surface area contributed by atoms with Crippen molar-refractivity contribution in [1.82, 2.24) is 10.2 Å². The van der Waals surface area contributed by atoms with Crippen molar-refractivity contribution in [3.8, 4) is 6.07 Å². The van der Waals surface area contributed by atoms with Gasteiger partial charge in [0.15, 0.2) is 0 Å². The minimum atomic E-state index is -1.21. The normalized spacial score (nSPS) is 9.92. The third kappa shape index (κ3) is 5.96. The van der Waals surface area contributed by atoms with Crippen molar-refractivity contribution in [2.45, 2.75) is 20.3 Å². The van der Waals surface area contributed by atoms with Gasteiger partial charge in [-0.05, 0) is 36.6 Å². The molecule has 24 heavy (non-hydrogen) atoms. The summed E-state index contributed by atoms with van der Waals surface area (Å²) in [7, 11) is 0. The first kappa shape index (κ1) is 19.0. The molecule has 0 heterocycles. The Balaban J connectivity index is 2.91. The maximum Gasteiger partial charge on any atom is 0.409 e. The van der Waals surface area contributed by atoms with E-state index in [2.05, 4.69) is 10.6 Å². The lowest BCUT2D eigenvalue weighted by Gasteiger charge is -2.21. The van der Waals surface area contributed by atoms with Gasteiger partial charge in [0.05, 0.1) is 6.07 Å². The Morgan fingerprint density at radius 2 is 1.88 bits per heavy atom. The van der Waals surface area contributed by atoms with Crippen LogP contribution in [0.25, 0.3) is 0 Å². The molecule has 1 rings (SSSR count). The Labute approximate surface area is 140 Å². The lowest BCUT2D eigenvalue weighted by atomic mass is 10.1. The number of amides is 4. The van der Waals surface area contributed by atoms with Gasteiger partial charge in [-0.1, -0.05) is 13.8 Å². The van der Waals surface area contributed by atoms with Crippen LogP contribution in [0.2, 0.25) is 0 Å². The van der Waals surface area contributed by atoms with Gasteiger partial charge >= 0.3 is 12.1 Å². The molecule has 4 amide bonds. The monoisotopic (exact) mass is 332 g/mol. The number of anilines is 1. The van der Waals surface area contributed by atoms with Crippen LogP contribution in [0, 0.1) is 17.2 Å². The molecule has 0 spiro atoms. The van der Waals surface area contributed by atoms with Crippen LogP contribution in [0.5, 0.6) is 0 Å². The van der Waals surface area contributed by atoms with Gasteiger partial charge in [-0.15, -0.1) is 0 Å². The highest BCUT2D eigenvalue weighted by Gasteiger charge is 2.22. The minimum absolute atomic E-state index is 0.189. The summed E-state index contributed by atoms with van der Waals surface area (Å²) in [5, 5.41) is 21.7. The van der Waals surface area contributed by atoms with E-state index in [1.54, 1.807) is 6.07 Å². The molecule has 0 aliphatic carbocycles. The number of carbonyl (C=O) groups is 3. The van der Waals surface area contributed by atoms with E-state index in [1.165, 1.54) is 24.3 Å². The molecule has 1 aromatic rings. The molecule has 0 aromatic heterocycles. The van der Waals surface area contributed by atoms with Gasteiger partial charge in [-0.2, -0.15) is 5.26 Å². The Bertz CT molecular complexity index is 634. The van der Waals surface area contributed by atoms with Crippen LogP contribution in [-0.2, 0) is 0 Å². The van der Waals surface area contributed by atoms with Crippen molar-refractivity contribution in [1.29, 1.82) is 5.26 Å². The molecule has 0 aliphatic rings. The number of nitriles is 1. The maximum absolute atomic E-state index is 12.5. The van der Waals surface area contributed by atoms with Crippen molar-refractivity contribution < 1.29 is 19.5 Å². The van der Waals surface area contributed by atoms with E-state index in [1.807, 2.05) is 13.8 Å². The molecular weight excluding hydrogens is 312 g/mol. The number of imide groups is 1. The third-order valence-electron chi connectivity index (χ3n) is 3.12. The number of hydrogen-bond donors (Lipinski definition) is 3. The van der Waals surface area contributed by atoms with Crippen molar-refractivity contribution in [2.75, 3.05) is 18.4 Å². The molecule has 0 bridgehead atoms. The second kappa shape index (κ2) is 9.15. The molecule has 0 saturated heterocycles. The number of urea groups is 1. The molecule has 1 aromatic carbocycles. The highest BCUT2D eigenvalue weighted by Crippen LogP contribution is 2.13. The van der Waals surface area contributed by atoms with Crippen LogP contribution >= 0.6 is 0 Å². The van der Waals surface area contributed by atoms with E-state index in [0.29, 0.717) is 18.0 Å². The molecule has 0 unspecified atom stereocenters. The predicted molar refractivity (Wildman–Crippen MR) is 87.6 cm³/mol. The zero-order valence-electron chi connectivity index (χ0n) is 13.6. The zero-order chi connectivity index (χ0) is 18.1. The quantitative estimate of drug-likeness (QED) is 0.691. The molecule has 8 nitrogen and oxygen atoms in total.